The quantitative estimate of drug-likeness (QED) is 0.0277. The van der Waals surface area contributed by atoms with E-state index >= 15 is 4.79 Å². The number of hydrogen-bond donors (Lipinski definition) is 12. The van der Waals surface area contributed by atoms with Crippen LogP contribution in [0.15, 0.2) is 29.9 Å². The van der Waals surface area contributed by atoms with Gasteiger partial charge in [-0.3, -0.25) is 19.2 Å². The van der Waals surface area contributed by atoms with Crippen LogP contribution in [0.5, 0.6) is 17.2 Å². The zero-order valence-electron chi connectivity index (χ0n) is 58.9. The van der Waals surface area contributed by atoms with Crippen molar-refractivity contribution >= 4 is 35.9 Å². The summed E-state index contributed by atoms with van der Waals surface area (Å²) in [6, 6.07) is 3.09. The summed E-state index contributed by atoms with van der Waals surface area (Å²) in [4.78, 5) is 69.3. The van der Waals surface area contributed by atoms with Crippen LogP contribution in [-0.2, 0) is 76.1 Å². The molecule has 4 saturated carbocycles. The number of carboxylic acids is 1. The van der Waals surface area contributed by atoms with E-state index in [0.717, 1.165) is 25.5 Å². The van der Waals surface area contributed by atoms with Gasteiger partial charge in [0.15, 0.2) is 48.7 Å². The Balaban J connectivity index is 1.03. The van der Waals surface area contributed by atoms with Gasteiger partial charge < -0.3 is 128 Å². The van der Waals surface area contributed by atoms with Crippen LogP contribution < -0.4 is 14.2 Å². The van der Waals surface area contributed by atoms with Gasteiger partial charge in [-0.25, -0.2) is 4.79 Å². The molecule has 4 heterocycles. The van der Waals surface area contributed by atoms with Gasteiger partial charge in [0.2, 0.25) is 12.0 Å². The number of esters is 4. The third kappa shape index (κ3) is 13.9. The molecule has 8 fully saturated rings. The molecule has 1 aromatic rings. The minimum atomic E-state index is -2.13. The average Bonchev–Trinajstić information content (AvgIpc) is 0.671. The van der Waals surface area contributed by atoms with Crippen molar-refractivity contribution in [2.24, 2.45) is 50.2 Å². The predicted molar refractivity (Wildman–Crippen MR) is 343 cm³/mol. The van der Waals surface area contributed by atoms with Crippen molar-refractivity contribution in [3.05, 3.63) is 35.4 Å². The van der Waals surface area contributed by atoms with Gasteiger partial charge in [-0.1, -0.05) is 39.3 Å². The molecule has 1 aromatic carbocycles. The SMILES string of the molecule is COc1cc(/C=C\C(=O)O[C@@H]2[C@H](O[C@@H]3O[C@H](COC(C)=O)[C@H](O)[C@H](O)[C@H]3O)[C@@H](O[C@@H]3O[C@@H](C)[C@H](O)[C@@H](OC(C)=O)[C@H]3O)[C@H](OC(=O)[C@]34CCC(C)(C)C[C@H]3C3=CC[C@@H]5[C@@]6(C)C[C@H](O)[C@H](O[C@@H]7O[C@H](CO)[C@@H](O)[C@H](O)[C@H]7O)[C@@](C)(C(=O)O)[C@@H]6CC[C@@]5(C)[C@]3(CO)CC4)O[C@@H]2C)cc(OC)c1OC. The van der Waals surface area contributed by atoms with Gasteiger partial charge in [-0.2, -0.15) is 0 Å². The monoisotopic (exact) mass is 1440 g/mol. The number of carbonyl (C=O) groups excluding carboxylic acids is 4. The highest BCUT2D eigenvalue weighted by Gasteiger charge is 2.74. The number of carbonyl (C=O) groups is 5. The second-order valence-corrected chi connectivity index (χ2v) is 30.5. The number of methoxy groups -OCH3 is 3. The number of aliphatic hydroxyl groups excluding tert-OH is 11. The first-order valence-electron chi connectivity index (χ1n) is 34.5. The van der Waals surface area contributed by atoms with Crippen LogP contribution >= 0.6 is 0 Å². The highest BCUT2D eigenvalue weighted by molar-refractivity contribution is 5.87. The number of aliphatic hydroxyl groups is 11. The molecular formula is C70H102O31. The zero-order valence-corrected chi connectivity index (χ0v) is 58.9. The standard InChI is InChI=1S/C70H102O31/c1-30-45(77)55(94-33(4)74)52(84)61(92-30)99-57-56(98-59-50(82)49(81)47(79)41(96-59)28-91-32(3)73)53(97-44(76)16-13-34-23-38(88-10)54(90-12)39(24-34)89-11)31(2)93-62(57)101-64(87)69-20-19-65(5,6)25-36(69)35-14-15-42-66(7)26-37(75)58(100-60-51(83)48(80)46(78)40(27-71)95-60)68(9,63(85)86)43(66)17-18-67(42,8)70(35,29-72)22-21-69/h13-14,16,23-24,30-31,36-37,40-43,45-53,55-62,71-72,75,77-84H,15,17-22,25-29H2,1-12H3,(H,85,86)/b16-13-/t30-,31+,36-,37-,40+,41+,42+,43+,45-,46+,47-,48-,49-,50+,51+,52+,53-,55+,56-,57+,58-,59-,60-,61-,62-,66+,67+,68-,69-,70-/m0/s1. The fourth-order valence-electron chi connectivity index (χ4n) is 18.8. The van der Waals surface area contributed by atoms with Crippen LogP contribution in [0.3, 0.4) is 0 Å². The summed E-state index contributed by atoms with van der Waals surface area (Å²) in [5.74, 6) is -5.96. The lowest BCUT2D eigenvalue weighted by molar-refractivity contribution is -0.385. The summed E-state index contributed by atoms with van der Waals surface area (Å²) in [5.41, 5.74) is -5.48. The van der Waals surface area contributed by atoms with E-state index in [0.29, 0.717) is 31.2 Å². The van der Waals surface area contributed by atoms with Gasteiger partial charge >= 0.3 is 29.8 Å². The molecule has 0 bridgehead atoms. The maximum atomic E-state index is 16.3. The van der Waals surface area contributed by atoms with E-state index in [1.165, 1.54) is 48.2 Å². The fraction of sp³-hybridized carbons (Fsp3) is 0.786. The molecule has 9 aliphatic rings. The maximum Gasteiger partial charge on any atom is 0.331 e. The molecule has 0 amide bonds. The van der Waals surface area contributed by atoms with E-state index in [4.69, 9.17) is 66.3 Å². The Bertz CT molecular complexity index is 3210. The van der Waals surface area contributed by atoms with Crippen molar-refractivity contribution in [2.45, 2.75) is 255 Å². The zero-order chi connectivity index (χ0) is 74.1. The van der Waals surface area contributed by atoms with Gasteiger partial charge in [-0.05, 0) is 136 Å². The minimum Gasteiger partial charge on any atom is -0.493 e. The van der Waals surface area contributed by atoms with E-state index in [9.17, 15) is 80.5 Å². The topological polar surface area (TPSA) is 457 Å². The molecule has 0 radical (unpaired) electrons. The highest BCUT2D eigenvalue weighted by Crippen LogP contribution is 2.76. The second-order valence-electron chi connectivity index (χ2n) is 30.5. The van der Waals surface area contributed by atoms with Crippen molar-refractivity contribution in [1.82, 2.24) is 0 Å². The van der Waals surface area contributed by atoms with Crippen LogP contribution in [0.2, 0.25) is 0 Å². The summed E-state index contributed by atoms with van der Waals surface area (Å²) >= 11 is 0. The molecule has 5 aliphatic carbocycles. The van der Waals surface area contributed by atoms with Crippen molar-refractivity contribution in [3.8, 4) is 17.2 Å². The Morgan fingerprint density at radius 2 is 1.19 bits per heavy atom. The lowest BCUT2D eigenvalue weighted by Crippen LogP contribution is -2.71. The van der Waals surface area contributed by atoms with Crippen LogP contribution in [0.1, 0.15) is 126 Å². The van der Waals surface area contributed by atoms with E-state index in [-0.39, 0.29) is 49.4 Å². The summed E-state index contributed by atoms with van der Waals surface area (Å²) in [6.07, 6.45) is -32.2. The van der Waals surface area contributed by atoms with Crippen molar-refractivity contribution in [3.63, 3.8) is 0 Å². The summed E-state index contributed by atoms with van der Waals surface area (Å²) in [7, 11) is 4.21. The van der Waals surface area contributed by atoms with Gasteiger partial charge in [0, 0.05) is 25.3 Å². The molecule has 31 heteroatoms. The summed E-state index contributed by atoms with van der Waals surface area (Å²) in [5, 5.41) is 136. The molecule has 30 atom stereocenters. The number of fused-ring (bicyclic) bond motifs is 7. The number of allylic oxidation sites excluding steroid dienone is 1. The Kier molecular flexibility index (Phi) is 23.2. The van der Waals surface area contributed by atoms with E-state index in [2.05, 4.69) is 20.8 Å². The minimum absolute atomic E-state index is 0.0180. The molecule has 0 unspecified atom stereocenters. The molecule has 10 rings (SSSR count). The fourth-order valence-corrected chi connectivity index (χ4v) is 18.8. The second kappa shape index (κ2) is 29.9. The first kappa shape index (κ1) is 78.3. The average molecular weight is 1440 g/mol. The predicted octanol–water partition coefficient (Wildman–Crippen LogP) is 0.460. The number of rotatable bonds is 20. The van der Waals surface area contributed by atoms with Gasteiger partial charge in [0.05, 0.1) is 63.7 Å². The van der Waals surface area contributed by atoms with Crippen LogP contribution in [-0.4, -0.2) is 267 Å². The number of carboxylic acid groups (broad SMARTS) is 1. The third-order valence-corrected chi connectivity index (χ3v) is 24.2. The van der Waals surface area contributed by atoms with Gasteiger partial charge in [0.1, 0.15) is 79.9 Å². The molecule has 101 heavy (non-hydrogen) atoms. The molecule has 4 aliphatic heterocycles. The van der Waals surface area contributed by atoms with Gasteiger partial charge in [-0.15, -0.1) is 0 Å². The van der Waals surface area contributed by atoms with Crippen LogP contribution in [0.4, 0.5) is 0 Å². The van der Waals surface area contributed by atoms with E-state index in [1.807, 2.05) is 13.0 Å². The third-order valence-electron chi connectivity index (χ3n) is 24.2. The first-order chi connectivity index (χ1) is 47.5. The molecule has 31 nitrogen and oxygen atoms in total. The Morgan fingerprint density at radius 1 is 0.594 bits per heavy atom. The Labute approximate surface area is 584 Å². The smallest absolute Gasteiger partial charge is 0.331 e. The van der Waals surface area contributed by atoms with Gasteiger partial charge in [0.25, 0.3) is 0 Å². The normalized spacial score (nSPS) is 44.9. The number of hydrogen-bond acceptors (Lipinski definition) is 30. The lowest BCUT2D eigenvalue weighted by atomic mass is 9.33. The lowest BCUT2D eigenvalue weighted by Gasteiger charge is -2.71. The Hall–Kier alpha value is -5.27. The number of ether oxygens (including phenoxy) is 14. The molecule has 0 spiro atoms. The highest BCUT2D eigenvalue weighted by atomic mass is 16.8. The molecule has 4 saturated heterocycles. The number of benzene rings is 1. The Morgan fingerprint density at radius 3 is 1.78 bits per heavy atom. The molecule has 12 N–H and O–H groups in total. The summed E-state index contributed by atoms with van der Waals surface area (Å²) in [6.45, 7) is 12.7. The largest absolute Gasteiger partial charge is 0.493 e. The van der Waals surface area contributed by atoms with Crippen molar-refractivity contribution < 1.29 is 152 Å². The van der Waals surface area contributed by atoms with Crippen LogP contribution in [0, 0.1) is 50.2 Å². The number of aliphatic carboxylic acids is 1. The van der Waals surface area contributed by atoms with Crippen LogP contribution in [0.25, 0.3) is 6.08 Å². The maximum absolute atomic E-state index is 16.3. The summed E-state index contributed by atoms with van der Waals surface area (Å²) < 4.78 is 83.9. The molecular weight excluding hydrogens is 1340 g/mol. The molecule has 0 aromatic heterocycles. The first-order valence-corrected chi connectivity index (χ1v) is 34.5. The molecule has 568 valence electrons. The van der Waals surface area contributed by atoms with E-state index in [1.54, 1.807) is 12.1 Å². The van der Waals surface area contributed by atoms with Crippen molar-refractivity contribution in [1.29, 1.82) is 0 Å². The van der Waals surface area contributed by atoms with E-state index < -0.39 is 235 Å². The van der Waals surface area contributed by atoms with Crippen molar-refractivity contribution in [2.75, 3.05) is 41.2 Å².